The monoisotopic (exact) mass is 361 g/mol. The first kappa shape index (κ1) is 18.9. The Morgan fingerprint density at radius 3 is 2.58 bits per heavy atom. The molecule has 0 saturated heterocycles. The van der Waals surface area contributed by atoms with Gasteiger partial charge in [-0.05, 0) is 57.8 Å². The zero-order chi connectivity index (χ0) is 18.5. The SMILES string of the molecule is CCO[C@H]1CC[C@H](Nc2ncc(C(N)=O)c(N[C@H](CC)C3CC3)n2)CC1. The van der Waals surface area contributed by atoms with Crippen LogP contribution < -0.4 is 16.4 Å². The van der Waals surface area contributed by atoms with Crippen molar-refractivity contribution in [2.45, 2.75) is 77.0 Å². The molecule has 0 unspecified atom stereocenters. The molecule has 1 atom stereocenters. The number of amides is 1. The maximum Gasteiger partial charge on any atom is 0.254 e. The first-order valence-corrected chi connectivity index (χ1v) is 9.92. The highest BCUT2D eigenvalue weighted by Crippen LogP contribution is 2.36. The van der Waals surface area contributed by atoms with Gasteiger partial charge >= 0.3 is 0 Å². The van der Waals surface area contributed by atoms with Gasteiger partial charge in [-0.3, -0.25) is 4.79 Å². The van der Waals surface area contributed by atoms with Crippen LogP contribution in [0.5, 0.6) is 0 Å². The molecular formula is C19H31N5O2. The van der Waals surface area contributed by atoms with Gasteiger partial charge in [-0.1, -0.05) is 6.92 Å². The summed E-state index contributed by atoms with van der Waals surface area (Å²) in [6, 6.07) is 0.668. The molecule has 2 saturated carbocycles. The van der Waals surface area contributed by atoms with Crippen molar-refractivity contribution >= 4 is 17.7 Å². The second-order valence-electron chi connectivity index (χ2n) is 7.39. The molecule has 1 aromatic heterocycles. The van der Waals surface area contributed by atoms with Gasteiger partial charge in [0, 0.05) is 24.9 Å². The standard InChI is InChI=1S/C19H31N5O2/c1-3-16(12-5-6-12)23-18-15(17(20)25)11-21-19(24-18)22-13-7-9-14(10-8-13)26-4-2/h11-14,16H,3-10H2,1-2H3,(H2,20,25)(H2,21,22,23,24)/t13-,14-,16-/m1/s1. The number of hydrogen-bond acceptors (Lipinski definition) is 6. The first-order chi connectivity index (χ1) is 12.6. The van der Waals surface area contributed by atoms with E-state index in [4.69, 9.17) is 10.5 Å². The van der Waals surface area contributed by atoms with Crippen molar-refractivity contribution in [2.75, 3.05) is 17.2 Å². The molecule has 1 aromatic rings. The number of nitrogens with two attached hydrogens (primary N) is 1. The topological polar surface area (TPSA) is 102 Å². The van der Waals surface area contributed by atoms with E-state index in [1.165, 1.54) is 19.0 Å². The lowest BCUT2D eigenvalue weighted by molar-refractivity contribution is 0.0346. The van der Waals surface area contributed by atoms with E-state index < -0.39 is 5.91 Å². The summed E-state index contributed by atoms with van der Waals surface area (Å²) < 4.78 is 5.71. The summed E-state index contributed by atoms with van der Waals surface area (Å²) in [7, 11) is 0. The van der Waals surface area contributed by atoms with Gasteiger partial charge in [0.1, 0.15) is 5.82 Å². The Kier molecular flexibility index (Phi) is 6.29. The summed E-state index contributed by atoms with van der Waals surface area (Å²) in [6.07, 6.45) is 9.54. The highest BCUT2D eigenvalue weighted by atomic mass is 16.5. The van der Waals surface area contributed by atoms with Gasteiger partial charge in [-0.25, -0.2) is 4.98 Å². The minimum absolute atomic E-state index is 0.331. The van der Waals surface area contributed by atoms with E-state index >= 15 is 0 Å². The third-order valence-corrected chi connectivity index (χ3v) is 5.42. The maximum absolute atomic E-state index is 11.7. The lowest BCUT2D eigenvalue weighted by Gasteiger charge is -2.29. The highest BCUT2D eigenvalue weighted by Gasteiger charge is 2.31. The lowest BCUT2D eigenvalue weighted by atomic mass is 9.93. The molecule has 0 aliphatic heterocycles. The van der Waals surface area contributed by atoms with E-state index in [-0.39, 0.29) is 0 Å². The summed E-state index contributed by atoms with van der Waals surface area (Å²) >= 11 is 0. The fourth-order valence-electron chi connectivity index (χ4n) is 3.76. The number of carbonyl (C=O) groups excluding carboxylic acids is 1. The Hall–Kier alpha value is -1.89. The summed E-state index contributed by atoms with van der Waals surface area (Å²) in [5.41, 5.74) is 5.86. The van der Waals surface area contributed by atoms with Crippen LogP contribution in [0.15, 0.2) is 6.20 Å². The number of nitrogens with one attached hydrogen (secondary N) is 2. The van der Waals surface area contributed by atoms with Crippen LogP contribution in [0.3, 0.4) is 0 Å². The van der Waals surface area contributed by atoms with Crippen molar-refractivity contribution in [3.63, 3.8) is 0 Å². The number of carbonyl (C=O) groups is 1. The number of aromatic nitrogens is 2. The normalized spacial score (nSPS) is 24.1. The van der Waals surface area contributed by atoms with Gasteiger partial charge in [-0.15, -0.1) is 0 Å². The van der Waals surface area contributed by atoms with Gasteiger partial charge < -0.3 is 21.1 Å². The number of rotatable bonds is 9. The summed E-state index contributed by atoms with van der Waals surface area (Å²) in [5, 5.41) is 6.85. The van der Waals surface area contributed by atoms with E-state index in [9.17, 15) is 4.79 Å². The highest BCUT2D eigenvalue weighted by molar-refractivity contribution is 5.97. The van der Waals surface area contributed by atoms with Crippen LogP contribution in [0.25, 0.3) is 0 Å². The second kappa shape index (κ2) is 8.66. The van der Waals surface area contributed by atoms with Gasteiger partial charge in [-0.2, -0.15) is 4.98 Å². The van der Waals surface area contributed by atoms with Crippen LogP contribution in [-0.2, 0) is 4.74 Å². The van der Waals surface area contributed by atoms with Crippen LogP contribution >= 0.6 is 0 Å². The van der Waals surface area contributed by atoms with Crippen LogP contribution in [0.4, 0.5) is 11.8 Å². The molecule has 2 aliphatic carbocycles. The first-order valence-electron chi connectivity index (χ1n) is 9.92. The van der Waals surface area contributed by atoms with Crippen molar-refractivity contribution in [2.24, 2.45) is 11.7 Å². The fraction of sp³-hybridized carbons (Fsp3) is 0.737. The van der Waals surface area contributed by atoms with E-state index in [1.807, 2.05) is 6.92 Å². The molecule has 0 aromatic carbocycles. The van der Waals surface area contributed by atoms with Crippen molar-refractivity contribution in [3.05, 3.63) is 11.8 Å². The molecule has 4 N–H and O–H groups in total. The average molecular weight is 361 g/mol. The molecule has 26 heavy (non-hydrogen) atoms. The third kappa shape index (κ3) is 4.84. The lowest BCUT2D eigenvalue weighted by Crippen LogP contribution is -2.31. The largest absolute Gasteiger partial charge is 0.379 e. The zero-order valence-corrected chi connectivity index (χ0v) is 15.8. The summed E-state index contributed by atoms with van der Waals surface area (Å²) in [5.74, 6) is 1.28. The third-order valence-electron chi connectivity index (χ3n) is 5.42. The van der Waals surface area contributed by atoms with Crippen molar-refractivity contribution in [1.29, 1.82) is 0 Å². The number of nitrogens with zero attached hydrogens (tertiary/aromatic N) is 2. The van der Waals surface area contributed by atoms with Crippen molar-refractivity contribution in [1.82, 2.24) is 9.97 Å². The van der Waals surface area contributed by atoms with Crippen LogP contribution in [0.1, 0.15) is 69.2 Å². The van der Waals surface area contributed by atoms with Gasteiger partial charge in [0.2, 0.25) is 5.95 Å². The van der Waals surface area contributed by atoms with Gasteiger partial charge in [0.05, 0.1) is 11.7 Å². The molecule has 0 spiro atoms. The zero-order valence-electron chi connectivity index (χ0n) is 15.8. The second-order valence-corrected chi connectivity index (χ2v) is 7.39. The van der Waals surface area contributed by atoms with E-state index in [1.54, 1.807) is 0 Å². The Morgan fingerprint density at radius 1 is 1.27 bits per heavy atom. The molecule has 0 bridgehead atoms. The predicted octanol–water partition coefficient (Wildman–Crippen LogP) is 2.94. The predicted molar refractivity (Wildman–Crippen MR) is 102 cm³/mol. The smallest absolute Gasteiger partial charge is 0.254 e. The van der Waals surface area contributed by atoms with Crippen molar-refractivity contribution < 1.29 is 9.53 Å². The fourth-order valence-corrected chi connectivity index (χ4v) is 3.76. The van der Waals surface area contributed by atoms with Gasteiger partial charge in [0.25, 0.3) is 5.91 Å². The molecule has 7 heteroatoms. The molecule has 144 valence electrons. The Morgan fingerprint density at radius 2 is 2.00 bits per heavy atom. The Labute approximate surface area is 155 Å². The number of hydrogen-bond donors (Lipinski definition) is 3. The molecule has 7 nitrogen and oxygen atoms in total. The molecule has 1 heterocycles. The van der Waals surface area contributed by atoms with E-state index in [0.717, 1.165) is 38.7 Å². The molecule has 2 fully saturated rings. The van der Waals surface area contributed by atoms with Crippen LogP contribution in [0, 0.1) is 5.92 Å². The molecule has 2 aliphatic rings. The summed E-state index contributed by atoms with van der Waals surface area (Å²) in [6.45, 7) is 4.96. The average Bonchev–Trinajstić information content (AvgIpc) is 3.46. The van der Waals surface area contributed by atoms with Crippen LogP contribution in [0.2, 0.25) is 0 Å². The number of ether oxygens (including phenoxy) is 1. The number of anilines is 2. The number of primary amides is 1. The van der Waals surface area contributed by atoms with Gasteiger partial charge in [0.15, 0.2) is 0 Å². The minimum Gasteiger partial charge on any atom is -0.379 e. The molecule has 0 radical (unpaired) electrons. The van der Waals surface area contributed by atoms with E-state index in [0.29, 0.717) is 41.4 Å². The van der Waals surface area contributed by atoms with Crippen molar-refractivity contribution in [3.8, 4) is 0 Å². The molecule has 3 rings (SSSR count). The maximum atomic E-state index is 11.7. The quantitative estimate of drug-likeness (QED) is 0.625. The molecular weight excluding hydrogens is 330 g/mol. The Bertz CT molecular complexity index is 612. The Balaban J connectivity index is 1.66. The van der Waals surface area contributed by atoms with Crippen LogP contribution in [-0.4, -0.2) is 40.7 Å². The summed E-state index contributed by atoms with van der Waals surface area (Å²) in [4.78, 5) is 20.6. The molecule has 1 amide bonds. The minimum atomic E-state index is -0.498. The van der Waals surface area contributed by atoms with E-state index in [2.05, 4.69) is 27.5 Å².